The first kappa shape index (κ1) is 15.1. The van der Waals surface area contributed by atoms with Crippen LogP contribution in [0.4, 0.5) is 9.93 Å². The second kappa shape index (κ2) is 5.43. The molecule has 118 valence electrons. The maximum Gasteiger partial charge on any atom is 0.410 e. The molecule has 0 aliphatic carbocycles. The van der Waals surface area contributed by atoms with E-state index in [0.29, 0.717) is 13.1 Å². The summed E-state index contributed by atoms with van der Waals surface area (Å²) in [4.78, 5) is 18.2. The van der Waals surface area contributed by atoms with Crippen LogP contribution >= 0.6 is 11.3 Å². The first-order valence-corrected chi connectivity index (χ1v) is 8.23. The highest BCUT2D eigenvalue weighted by molar-refractivity contribution is 7.22. The summed E-state index contributed by atoms with van der Waals surface area (Å²) >= 11 is 1.65. The van der Waals surface area contributed by atoms with Crippen molar-refractivity contribution >= 4 is 32.8 Å². The van der Waals surface area contributed by atoms with Crippen molar-refractivity contribution in [2.24, 2.45) is 0 Å². The maximum absolute atomic E-state index is 11.9. The number of amides is 1. The molecule has 0 unspecified atom stereocenters. The maximum atomic E-state index is 11.9. The molecule has 5 nitrogen and oxygen atoms in total. The number of aryl methyl sites for hydroxylation is 1. The van der Waals surface area contributed by atoms with Crippen molar-refractivity contribution in [2.45, 2.75) is 39.3 Å². The van der Waals surface area contributed by atoms with E-state index in [1.54, 1.807) is 16.2 Å². The van der Waals surface area contributed by atoms with Crippen LogP contribution in [0, 0.1) is 6.92 Å². The molecule has 0 spiro atoms. The third-order valence-electron chi connectivity index (χ3n) is 3.40. The number of carbonyl (C=O) groups is 1. The van der Waals surface area contributed by atoms with Crippen LogP contribution in [-0.4, -0.2) is 40.7 Å². The molecule has 3 rings (SSSR count). The molecule has 1 aliphatic heterocycles. The molecule has 1 aliphatic rings. The van der Waals surface area contributed by atoms with Gasteiger partial charge in [0.15, 0.2) is 5.13 Å². The van der Waals surface area contributed by atoms with E-state index in [9.17, 15) is 4.79 Å². The Hall–Kier alpha value is -1.82. The molecule has 0 radical (unpaired) electrons. The fraction of sp³-hybridized carbons (Fsp3) is 0.500. The SMILES string of the molecule is Cc1ccc2sc(NC3CN(C(=O)OC(C)(C)C)C3)nc2c1. The third-order valence-corrected chi connectivity index (χ3v) is 4.37. The number of benzene rings is 1. The predicted molar refractivity (Wildman–Crippen MR) is 89.6 cm³/mol. The largest absolute Gasteiger partial charge is 0.444 e. The second-order valence-corrected chi connectivity index (χ2v) is 7.75. The summed E-state index contributed by atoms with van der Waals surface area (Å²) in [5.41, 5.74) is 1.79. The Kier molecular flexibility index (Phi) is 3.72. The Bertz CT molecular complexity index is 699. The molecule has 0 saturated carbocycles. The van der Waals surface area contributed by atoms with Crippen LogP contribution in [0.5, 0.6) is 0 Å². The zero-order chi connectivity index (χ0) is 15.9. The number of rotatable bonds is 2. The molecule has 1 fully saturated rings. The number of aromatic nitrogens is 1. The van der Waals surface area contributed by atoms with Gasteiger partial charge in [0.25, 0.3) is 0 Å². The van der Waals surface area contributed by atoms with Gasteiger partial charge < -0.3 is 15.0 Å². The topological polar surface area (TPSA) is 54.5 Å². The van der Waals surface area contributed by atoms with Crippen LogP contribution in [0.25, 0.3) is 10.2 Å². The number of anilines is 1. The number of hydrogen-bond acceptors (Lipinski definition) is 5. The zero-order valence-electron chi connectivity index (χ0n) is 13.3. The van der Waals surface area contributed by atoms with Crippen molar-refractivity contribution in [1.82, 2.24) is 9.88 Å². The number of ether oxygens (including phenoxy) is 1. The number of likely N-dealkylation sites (tertiary alicyclic amines) is 1. The lowest BCUT2D eigenvalue weighted by atomic mass is 10.1. The number of hydrogen-bond donors (Lipinski definition) is 1. The standard InChI is InChI=1S/C16H21N3O2S/c1-10-5-6-13-12(7-10)18-14(22-13)17-11-8-19(9-11)15(20)21-16(2,3)4/h5-7,11H,8-9H2,1-4H3,(H,17,18). The van der Waals surface area contributed by atoms with Crippen molar-refractivity contribution in [2.75, 3.05) is 18.4 Å². The smallest absolute Gasteiger partial charge is 0.410 e. The summed E-state index contributed by atoms with van der Waals surface area (Å²) in [6.45, 7) is 9.01. The number of nitrogens with one attached hydrogen (secondary N) is 1. The average Bonchev–Trinajstić information content (AvgIpc) is 2.72. The van der Waals surface area contributed by atoms with Crippen molar-refractivity contribution in [3.63, 3.8) is 0 Å². The van der Waals surface area contributed by atoms with E-state index in [1.807, 2.05) is 20.8 Å². The molecule has 22 heavy (non-hydrogen) atoms. The lowest BCUT2D eigenvalue weighted by Crippen LogP contribution is -2.57. The van der Waals surface area contributed by atoms with Gasteiger partial charge in [-0.1, -0.05) is 17.4 Å². The van der Waals surface area contributed by atoms with E-state index in [1.165, 1.54) is 10.3 Å². The number of nitrogens with zero attached hydrogens (tertiary/aromatic N) is 2. The molecule has 0 bridgehead atoms. The van der Waals surface area contributed by atoms with E-state index in [-0.39, 0.29) is 12.1 Å². The van der Waals surface area contributed by atoms with Crippen LogP contribution in [0.3, 0.4) is 0 Å². The summed E-state index contributed by atoms with van der Waals surface area (Å²) in [5.74, 6) is 0. The molecule has 6 heteroatoms. The van der Waals surface area contributed by atoms with E-state index in [4.69, 9.17) is 4.74 Å². The first-order valence-electron chi connectivity index (χ1n) is 7.42. The van der Waals surface area contributed by atoms with Gasteiger partial charge in [-0.2, -0.15) is 0 Å². The predicted octanol–water partition coefficient (Wildman–Crippen LogP) is 3.64. The van der Waals surface area contributed by atoms with Crippen LogP contribution in [0.2, 0.25) is 0 Å². The third kappa shape index (κ3) is 3.32. The van der Waals surface area contributed by atoms with E-state index in [2.05, 4.69) is 35.4 Å². The summed E-state index contributed by atoms with van der Waals surface area (Å²) in [6.07, 6.45) is -0.245. The Morgan fingerprint density at radius 3 is 2.82 bits per heavy atom. The van der Waals surface area contributed by atoms with Gasteiger partial charge in [-0.15, -0.1) is 0 Å². The highest BCUT2D eigenvalue weighted by Crippen LogP contribution is 2.28. The molecule has 0 atom stereocenters. The van der Waals surface area contributed by atoms with Gasteiger partial charge in [-0.05, 0) is 45.4 Å². The highest BCUT2D eigenvalue weighted by Gasteiger charge is 2.34. The minimum Gasteiger partial charge on any atom is -0.444 e. The van der Waals surface area contributed by atoms with Gasteiger partial charge in [0.2, 0.25) is 0 Å². The Morgan fingerprint density at radius 1 is 1.41 bits per heavy atom. The second-order valence-electron chi connectivity index (χ2n) is 6.72. The monoisotopic (exact) mass is 319 g/mol. The lowest BCUT2D eigenvalue weighted by molar-refractivity contribution is 0.0105. The van der Waals surface area contributed by atoms with Crippen LogP contribution < -0.4 is 5.32 Å². The van der Waals surface area contributed by atoms with Crippen molar-refractivity contribution < 1.29 is 9.53 Å². The molecule has 1 amide bonds. The van der Waals surface area contributed by atoms with Gasteiger partial charge in [0.1, 0.15) is 5.60 Å². The summed E-state index contributed by atoms with van der Waals surface area (Å²) in [7, 11) is 0. The molecule has 2 aromatic rings. The molecule has 1 aromatic heterocycles. The fourth-order valence-corrected chi connectivity index (χ4v) is 3.24. The first-order chi connectivity index (χ1) is 10.3. The van der Waals surface area contributed by atoms with Crippen LogP contribution in [0.1, 0.15) is 26.3 Å². The van der Waals surface area contributed by atoms with Gasteiger partial charge in [-0.3, -0.25) is 0 Å². The summed E-state index contributed by atoms with van der Waals surface area (Å²) < 4.78 is 6.52. The molecular weight excluding hydrogens is 298 g/mol. The van der Waals surface area contributed by atoms with Gasteiger partial charge >= 0.3 is 6.09 Å². The zero-order valence-corrected chi connectivity index (χ0v) is 14.2. The molecule has 2 heterocycles. The molecule has 1 N–H and O–H groups in total. The van der Waals surface area contributed by atoms with E-state index < -0.39 is 5.60 Å². The van der Waals surface area contributed by atoms with Crippen LogP contribution in [-0.2, 0) is 4.74 Å². The lowest BCUT2D eigenvalue weighted by Gasteiger charge is -2.39. The minimum atomic E-state index is -0.444. The minimum absolute atomic E-state index is 0.245. The van der Waals surface area contributed by atoms with Crippen molar-refractivity contribution in [3.8, 4) is 0 Å². The summed E-state index contributed by atoms with van der Waals surface area (Å²) in [5, 5.41) is 4.30. The Morgan fingerprint density at radius 2 is 2.14 bits per heavy atom. The van der Waals surface area contributed by atoms with Gasteiger partial charge in [0.05, 0.1) is 16.3 Å². The van der Waals surface area contributed by atoms with Gasteiger partial charge in [-0.25, -0.2) is 9.78 Å². The number of fused-ring (bicyclic) bond motifs is 1. The molecular formula is C16H21N3O2S. The summed E-state index contributed by atoms with van der Waals surface area (Å²) in [6, 6.07) is 6.53. The van der Waals surface area contributed by atoms with Crippen molar-refractivity contribution in [1.29, 1.82) is 0 Å². The van der Waals surface area contributed by atoms with Crippen molar-refractivity contribution in [3.05, 3.63) is 23.8 Å². The van der Waals surface area contributed by atoms with E-state index in [0.717, 1.165) is 10.6 Å². The Labute approximate surface area is 134 Å². The highest BCUT2D eigenvalue weighted by atomic mass is 32.1. The van der Waals surface area contributed by atoms with E-state index >= 15 is 0 Å². The van der Waals surface area contributed by atoms with Gasteiger partial charge in [0, 0.05) is 13.1 Å². The normalized spacial score (nSPS) is 15.7. The number of carbonyl (C=O) groups excluding carboxylic acids is 1. The van der Waals surface area contributed by atoms with Crippen LogP contribution in [0.15, 0.2) is 18.2 Å². The quantitative estimate of drug-likeness (QED) is 0.918. The molecule has 1 aromatic carbocycles. The Balaban J connectivity index is 1.56. The number of thiazole rings is 1. The average molecular weight is 319 g/mol. The molecule has 1 saturated heterocycles. The fourth-order valence-electron chi connectivity index (χ4n) is 2.32.